The van der Waals surface area contributed by atoms with Crippen molar-refractivity contribution in [2.45, 2.75) is 38.6 Å². The number of amides is 2. The number of hydrogen-bond donors (Lipinski definition) is 2. The Morgan fingerprint density at radius 3 is 2.65 bits per heavy atom. The molecule has 1 unspecified atom stereocenters. The molecule has 4 heterocycles. The SMILES string of the molecule is O=C(NCc1ccncc1)C1CCC2(CCN(C(=O)c3cc4cnccc4[nH]3)CC2)C1. The maximum Gasteiger partial charge on any atom is 0.270 e. The number of aromatic amines is 1. The second kappa shape index (κ2) is 8.13. The van der Waals surface area contributed by atoms with Crippen molar-refractivity contribution in [1.29, 1.82) is 0 Å². The van der Waals surface area contributed by atoms with E-state index in [9.17, 15) is 9.59 Å². The van der Waals surface area contributed by atoms with Gasteiger partial charge in [0, 0.05) is 61.2 Å². The molecule has 2 N–H and O–H groups in total. The van der Waals surface area contributed by atoms with Crippen molar-refractivity contribution >= 4 is 22.7 Å². The largest absolute Gasteiger partial charge is 0.352 e. The average molecular weight is 418 g/mol. The van der Waals surface area contributed by atoms with Crippen molar-refractivity contribution in [2.75, 3.05) is 13.1 Å². The summed E-state index contributed by atoms with van der Waals surface area (Å²) >= 11 is 0. The number of fused-ring (bicyclic) bond motifs is 1. The number of H-pyrrole nitrogens is 1. The molecule has 2 aliphatic rings. The van der Waals surface area contributed by atoms with E-state index in [0.29, 0.717) is 12.2 Å². The van der Waals surface area contributed by atoms with E-state index in [0.717, 1.165) is 61.7 Å². The quantitative estimate of drug-likeness (QED) is 0.681. The van der Waals surface area contributed by atoms with Crippen molar-refractivity contribution in [3.05, 3.63) is 60.3 Å². The topological polar surface area (TPSA) is 91.0 Å². The fourth-order valence-corrected chi connectivity index (χ4v) is 5.16. The molecule has 3 aromatic rings. The summed E-state index contributed by atoms with van der Waals surface area (Å²) in [6, 6.07) is 7.61. The van der Waals surface area contributed by atoms with E-state index in [1.54, 1.807) is 24.8 Å². The van der Waals surface area contributed by atoms with Crippen LogP contribution in [0.5, 0.6) is 0 Å². The summed E-state index contributed by atoms with van der Waals surface area (Å²) in [5, 5.41) is 4.04. The first-order chi connectivity index (χ1) is 15.1. The number of piperidine rings is 1. The third-order valence-electron chi connectivity index (χ3n) is 7.05. The molecule has 1 aliphatic carbocycles. The zero-order chi connectivity index (χ0) is 21.3. The van der Waals surface area contributed by atoms with Gasteiger partial charge >= 0.3 is 0 Å². The molecular formula is C24H27N5O2. The maximum absolute atomic E-state index is 13.0. The Hall–Kier alpha value is -3.22. The van der Waals surface area contributed by atoms with Gasteiger partial charge in [-0.15, -0.1) is 0 Å². The monoisotopic (exact) mass is 417 g/mol. The van der Waals surface area contributed by atoms with Gasteiger partial charge in [0.15, 0.2) is 0 Å². The van der Waals surface area contributed by atoms with Gasteiger partial charge < -0.3 is 15.2 Å². The fourth-order valence-electron chi connectivity index (χ4n) is 5.16. The lowest BCUT2D eigenvalue weighted by atomic mass is 9.76. The van der Waals surface area contributed by atoms with E-state index in [-0.39, 0.29) is 23.1 Å². The predicted octanol–water partition coefficient (Wildman–Crippen LogP) is 3.30. The van der Waals surface area contributed by atoms with E-state index in [4.69, 9.17) is 0 Å². The minimum absolute atomic E-state index is 0.0516. The number of aromatic nitrogens is 3. The third kappa shape index (κ3) is 4.04. The van der Waals surface area contributed by atoms with Crippen LogP contribution < -0.4 is 5.32 Å². The van der Waals surface area contributed by atoms with E-state index in [1.165, 1.54) is 0 Å². The highest BCUT2D eigenvalue weighted by Crippen LogP contribution is 2.49. The highest BCUT2D eigenvalue weighted by atomic mass is 16.2. The maximum atomic E-state index is 13.0. The fraction of sp³-hybridized carbons (Fsp3) is 0.417. The first-order valence-electron chi connectivity index (χ1n) is 11.0. The number of carbonyl (C=O) groups excluding carboxylic acids is 2. The lowest BCUT2D eigenvalue weighted by Gasteiger charge is -2.39. The molecule has 7 heteroatoms. The standard InChI is InChI=1S/C24H27N5O2/c30-22(27-15-17-2-8-25-9-3-17)18-1-5-24(14-18)6-11-29(12-7-24)23(31)21-13-19-16-26-10-4-20(19)28-21/h2-4,8-10,13,16,18,28H,1,5-7,11-12,14-15H2,(H,27,30). The molecule has 1 saturated carbocycles. The number of hydrogen-bond acceptors (Lipinski definition) is 4. The summed E-state index contributed by atoms with van der Waals surface area (Å²) in [5.74, 6) is 0.278. The smallest absolute Gasteiger partial charge is 0.270 e. The van der Waals surface area contributed by atoms with Crippen LogP contribution in [0.2, 0.25) is 0 Å². The summed E-state index contributed by atoms with van der Waals surface area (Å²) in [5.41, 5.74) is 2.82. The molecule has 0 aromatic carbocycles. The Balaban J connectivity index is 1.15. The number of rotatable bonds is 4. The summed E-state index contributed by atoms with van der Waals surface area (Å²) in [7, 11) is 0. The molecule has 1 saturated heterocycles. The van der Waals surface area contributed by atoms with Crippen LogP contribution in [-0.2, 0) is 11.3 Å². The molecule has 3 aromatic heterocycles. The van der Waals surface area contributed by atoms with E-state index in [2.05, 4.69) is 20.3 Å². The zero-order valence-electron chi connectivity index (χ0n) is 17.5. The lowest BCUT2D eigenvalue weighted by molar-refractivity contribution is -0.125. The second-order valence-corrected chi connectivity index (χ2v) is 8.95. The second-order valence-electron chi connectivity index (χ2n) is 8.95. The number of nitrogens with one attached hydrogen (secondary N) is 2. The number of pyridine rings is 2. The van der Waals surface area contributed by atoms with Crippen LogP contribution in [0.4, 0.5) is 0 Å². The molecule has 7 nitrogen and oxygen atoms in total. The Bertz CT molecular complexity index is 1050. The van der Waals surface area contributed by atoms with Crippen LogP contribution in [0.1, 0.15) is 48.2 Å². The van der Waals surface area contributed by atoms with Crippen LogP contribution in [0, 0.1) is 11.3 Å². The molecule has 5 rings (SSSR count). The average Bonchev–Trinajstić information content (AvgIpc) is 3.43. The third-order valence-corrected chi connectivity index (χ3v) is 7.05. The van der Waals surface area contributed by atoms with Crippen LogP contribution in [-0.4, -0.2) is 44.8 Å². The number of likely N-dealkylation sites (tertiary alicyclic amines) is 1. The van der Waals surface area contributed by atoms with Gasteiger partial charge in [-0.25, -0.2) is 0 Å². The van der Waals surface area contributed by atoms with Crippen molar-refractivity contribution in [1.82, 2.24) is 25.2 Å². The molecule has 1 aliphatic heterocycles. The van der Waals surface area contributed by atoms with Gasteiger partial charge in [-0.3, -0.25) is 19.6 Å². The molecule has 0 radical (unpaired) electrons. The molecule has 0 bridgehead atoms. The Kier molecular flexibility index (Phi) is 5.18. The molecule has 31 heavy (non-hydrogen) atoms. The highest BCUT2D eigenvalue weighted by Gasteiger charge is 2.44. The molecular weight excluding hydrogens is 390 g/mol. The van der Waals surface area contributed by atoms with E-state index >= 15 is 0 Å². The molecule has 1 spiro atoms. The van der Waals surface area contributed by atoms with Gasteiger partial charge in [-0.2, -0.15) is 0 Å². The van der Waals surface area contributed by atoms with Crippen molar-refractivity contribution in [3.63, 3.8) is 0 Å². The highest BCUT2D eigenvalue weighted by molar-refractivity contribution is 5.97. The van der Waals surface area contributed by atoms with Gasteiger partial charge in [0.25, 0.3) is 5.91 Å². The zero-order valence-corrected chi connectivity index (χ0v) is 17.5. The van der Waals surface area contributed by atoms with Gasteiger partial charge in [-0.1, -0.05) is 0 Å². The Labute approximate surface area is 181 Å². The van der Waals surface area contributed by atoms with Gasteiger partial charge in [0.2, 0.25) is 5.91 Å². The van der Waals surface area contributed by atoms with Crippen LogP contribution in [0.15, 0.2) is 49.1 Å². The number of carbonyl (C=O) groups is 2. The summed E-state index contributed by atoms with van der Waals surface area (Å²) < 4.78 is 0. The van der Waals surface area contributed by atoms with Crippen molar-refractivity contribution in [3.8, 4) is 0 Å². The molecule has 2 fully saturated rings. The predicted molar refractivity (Wildman–Crippen MR) is 117 cm³/mol. The van der Waals surface area contributed by atoms with E-state index in [1.807, 2.05) is 29.2 Å². The normalized spacial score (nSPS) is 20.3. The van der Waals surface area contributed by atoms with Crippen LogP contribution in [0.3, 0.4) is 0 Å². The summed E-state index contributed by atoms with van der Waals surface area (Å²) in [6.07, 6.45) is 11.8. The van der Waals surface area contributed by atoms with E-state index < -0.39 is 0 Å². The minimum Gasteiger partial charge on any atom is -0.352 e. The van der Waals surface area contributed by atoms with Crippen LogP contribution in [0.25, 0.3) is 10.9 Å². The molecule has 2 amide bonds. The van der Waals surface area contributed by atoms with Crippen molar-refractivity contribution < 1.29 is 9.59 Å². The molecule has 160 valence electrons. The number of nitrogens with zero attached hydrogens (tertiary/aromatic N) is 3. The van der Waals surface area contributed by atoms with Gasteiger partial charge in [0.1, 0.15) is 5.69 Å². The first kappa shape index (κ1) is 19.7. The van der Waals surface area contributed by atoms with Crippen molar-refractivity contribution in [2.24, 2.45) is 11.3 Å². The van der Waals surface area contributed by atoms with Crippen LogP contribution >= 0.6 is 0 Å². The van der Waals surface area contributed by atoms with Gasteiger partial charge in [0.05, 0.1) is 0 Å². The lowest BCUT2D eigenvalue weighted by Crippen LogP contribution is -2.42. The van der Waals surface area contributed by atoms with Gasteiger partial charge in [-0.05, 0) is 67.3 Å². The minimum atomic E-state index is 0.0516. The Morgan fingerprint density at radius 1 is 1.10 bits per heavy atom. The first-order valence-corrected chi connectivity index (χ1v) is 11.0. The summed E-state index contributed by atoms with van der Waals surface area (Å²) in [4.78, 5) is 38.9. The summed E-state index contributed by atoms with van der Waals surface area (Å²) in [6.45, 7) is 2.04. The molecule has 1 atom stereocenters. The Morgan fingerprint density at radius 2 is 1.87 bits per heavy atom.